The third-order valence-corrected chi connectivity index (χ3v) is 2.44. The second-order valence-corrected chi connectivity index (χ2v) is 3.83. The van der Waals surface area contributed by atoms with E-state index in [1.165, 1.54) is 0 Å². The maximum Gasteiger partial charge on any atom is 0.221 e. The highest BCUT2D eigenvalue weighted by atomic mass is 16.3. The highest BCUT2D eigenvalue weighted by molar-refractivity contribution is 5.76. The Kier molecular flexibility index (Phi) is 4.90. The molecule has 82 valence electrons. The van der Waals surface area contributed by atoms with Crippen LogP contribution in [0.2, 0.25) is 0 Å². The molecule has 0 aromatic carbocycles. The summed E-state index contributed by atoms with van der Waals surface area (Å²) >= 11 is 0. The quantitative estimate of drug-likeness (QED) is 0.543. The average Bonchev–Trinajstić information content (AvgIpc) is 2.96. The summed E-state index contributed by atoms with van der Waals surface area (Å²) in [5, 5.41) is 14.9. The van der Waals surface area contributed by atoms with Gasteiger partial charge in [0.25, 0.3) is 0 Å². The summed E-state index contributed by atoms with van der Waals surface area (Å²) in [7, 11) is 0. The van der Waals surface area contributed by atoms with Gasteiger partial charge in [0.2, 0.25) is 5.91 Å². The number of rotatable bonds is 7. The van der Waals surface area contributed by atoms with Gasteiger partial charge in [-0.1, -0.05) is 6.92 Å². The Morgan fingerprint density at radius 2 is 2.29 bits per heavy atom. The second-order valence-electron chi connectivity index (χ2n) is 3.83. The van der Waals surface area contributed by atoms with E-state index in [1.807, 2.05) is 6.92 Å². The SMILES string of the molecule is CCC(CO)NCCC(=O)NC1CC1. The van der Waals surface area contributed by atoms with Crippen LogP contribution in [0.4, 0.5) is 0 Å². The molecule has 1 atom stereocenters. The van der Waals surface area contributed by atoms with Gasteiger partial charge in [-0.05, 0) is 19.3 Å². The molecule has 1 fully saturated rings. The summed E-state index contributed by atoms with van der Waals surface area (Å²) in [6, 6.07) is 0.575. The summed E-state index contributed by atoms with van der Waals surface area (Å²) in [5.74, 6) is 0.118. The zero-order valence-electron chi connectivity index (χ0n) is 8.75. The van der Waals surface area contributed by atoms with Crippen molar-refractivity contribution in [1.29, 1.82) is 0 Å². The molecule has 4 nitrogen and oxygen atoms in total. The summed E-state index contributed by atoms with van der Waals surface area (Å²) in [6.07, 6.45) is 3.66. The largest absolute Gasteiger partial charge is 0.395 e. The van der Waals surface area contributed by atoms with Crippen LogP contribution in [-0.2, 0) is 4.79 Å². The van der Waals surface area contributed by atoms with Crippen LogP contribution >= 0.6 is 0 Å². The first-order valence-corrected chi connectivity index (χ1v) is 5.39. The minimum atomic E-state index is 0.118. The van der Waals surface area contributed by atoms with E-state index in [9.17, 15) is 4.79 Å². The van der Waals surface area contributed by atoms with Crippen molar-refractivity contribution in [2.75, 3.05) is 13.2 Å². The second kappa shape index (κ2) is 5.98. The van der Waals surface area contributed by atoms with Gasteiger partial charge in [0, 0.05) is 25.0 Å². The third-order valence-electron chi connectivity index (χ3n) is 2.44. The molecule has 0 aliphatic heterocycles. The van der Waals surface area contributed by atoms with Gasteiger partial charge in [-0.2, -0.15) is 0 Å². The molecule has 14 heavy (non-hydrogen) atoms. The van der Waals surface area contributed by atoms with Crippen molar-refractivity contribution in [3.8, 4) is 0 Å². The van der Waals surface area contributed by atoms with Crippen LogP contribution in [0.5, 0.6) is 0 Å². The maximum absolute atomic E-state index is 11.2. The molecular weight excluding hydrogens is 180 g/mol. The molecule has 1 unspecified atom stereocenters. The number of nitrogens with one attached hydrogen (secondary N) is 2. The van der Waals surface area contributed by atoms with Crippen LogP contribution in [0.15, 0.2) is 0 Å². The topological polar surface area (TPSA) is 61.4 Å². The fraction of sp³-hybridized carbons (Fsp3) is 0.900. The van der Waals surface area contributed by atoms with Crippen molar-refractivity contribution in [3.63, 3.8) is 0 Å². The van der Waals surface area contributed by atoms with Gasteiger partial charge in [0.1, 0.15) is 0 Å². The Balaban J connectivity index is 1.98. The molecule has 0 bridgehead atoms. The fourth-order valence-electron chi connectivity index (χ4n) is 1.26. The van der Waals surface area contributed by atoms with Crippen molar-refractivity contribution >= 4 is 5.91 Å². The molecule has 0 saturated heterocycles. The first-order valence-electron chi connectivity index (χ1n) is 5.39. The van der Waals surface area contributed by atoms with Crippen LogP contribution < -0.4 is 10.6 Å². The summed E-state index contributed by atoms with van der Waals surface area (Å²) < 4.78 is 0. The molecule has 1 aliphatic carbocycles. The van der Waals surface area contributed by atoms with Crippen molar-refractivity contribution in [2.45, 2.75) is 44.7 Å². The molecule has 0 radical (unpaired) electrons. The standard InChI is InChI=1S/C10H20N2O2/c1-2-8(7-13)11-6-5-10(14)12-9-3-4-9/h8-9,11,13H,2-7H2,1H3,(H,12,14). The lowest BCUT2D eigenvalue weighted by Gasteiger charge is -2.13. The number of hydrogen-bond acceptors (Lipinski definition) is 3. The number of aliphatic hydroxyl groups is 1. The molecule has 0 aromatic rings. The molecule has 1 amide bonds. The maximum atomic E-state index is 11.2. The van der Waals surface area contributed by atoms with Crippen molar-refractivity contribution in [2.24, 2.45) is 0 Å². The zero-order chi connectivity index (χ0) is 10.4. The molecule has 3 N–H and O–H groups in total. The third kappa shape index (κ3) is 4.58. The van der Waals surface area contributed by atoms with E-state index in [-0.39, 0.29) is 18.6 Å². The Morgan fingerprint density at radius 3 is 2.79 bits per heavy atom. The molecule has 0 aromatic heterocycles. The Labute approximate surface area is 85.1 Å². The van der Waals surface area contributed by atoms with E-state index in [0.29, 0.717) is 19.0 Å². The van der Waals surface area contributed by atoms with Gasteiger partial charge in [-0.3, -0.25) is 4.79 Å². The van der Waals surface area contributed by atoms with Crippen LogP contribution in [0, 0.1) is 0 Å². The lowest BCUT2D eigenvalue weighted by Crippen LogP contribution is -2.35. The van der Waals surface area contributed by atoms with E-state index >= 15 is 0 Å². The molecule has 1 aliphatic rings. The van der Waals surface area contributed by atoms with Gasteiger partial charge in [0.05, 0.1) is 6.61 Å². The smallest absolute Gasteiger partial charge is 0.221 e. The number of carbonyl (C=O) groups excluding carboxylic acids is 1. The first-order chi connectivity index (χ1) is 6.76. The van der Waals surface area contributed by atoms with Gasteiger partial charge >= 0.3 is 0 Å². The zero-order valence-corrected chi connectivity index (χ0v) is 8.75. The average molecular weight is 200 g/mol. The van der Waals surface area contributed by atoms with Crippen LogP contribution in [0.1, 0.15) is 32.6 Å². The normalized spacial score (nSPS) is 17.9. The lowest BCUT2D eigenvalue weighted by atomic mass is 10.2. The Hall–Kier alpha value is -0.610. The molecule has 1 rings (SSSR count). The first kappa shape index (κ1) is 11.5. The summed E-state index contributed by atoms with van der Waals surface area (Å²) in [5.41, 5.74) is 0. The van der Waals surface area contributed by atoms with E-state index in [0.717, 1.165) is 19.3 Å². The predicted molar refractivity (Wildman–Crippen MR) is 54.9 cm³/mol. The Bertz CT molecular complexity index is 177. The fourth-order valence-corrected chi connectivity index (χ4v) is 1.26. The highest BCUT2D eigenvalue weighted by Crippen LogP contribution is 2.18. The van der Waals surface area contributed by atoms with Gasteiger partial charge in [-0.15, -0.1) is 0 Å². The number of amides is 1. The van der Waals surface area contributed by atoms with Crippen LogP contribution in [0.3, 0.4) is 0 Å². The van der Waals surface area contributed by atoms with E-state index < -0.39 is 0 Å². The summed E-state index contributed by atoms with van der Waals surface area (Å²) in [6.45, 7) is 2.80. The summed E-state index contributed by atoms with van der Waals surface area (Å²) in [4.78, 5) is 11.2. The van der Waals surface area contributed by atoms with Crippen LogP contribution in [-0.4, -0.2) is 36.2 Å². The monoisotopic (exact) mass is 200 g/mol. The number of hydrogen-bond donors (Lipinski definition) is 3. The van der Waals surface area contributed by atoms with E-state index in [1.54, 1.807) is 0 Å². The van der Waals surface area contributed by atoms with Crippen molar-refractivity contribution in [3.05, 3.63) is 0 Å². The predicted octanol–water partition coefficient (Wildman–Crippen LogP) is 0.0156. The van der Waals surface area contributed by atoms with Crippen molar-refractivity contribution in [1.82, 2.24) is 10.6 Å². The molecular formula is C10H20N2O2. The van der Waals surface area contributed by atoms with Gasteiger partial charge in [-0.25, -0.2) is 0 Å². The van der Waals surface area contributed by atoms with Crippen molar-refractivity contribution < 1.29 is 9.90 Å². The Morgan fingerprint density at radius 1 is 1.57 bits per heavy atom. The van der Waals surface area contributed by atoms with E-state index in [2.05, 4.69) is 10.6 Å². The molecule has 1 saturated carbocycles. The molecule has 4 heteroatoms. The number of aliphatic hydroxyl groups excluding tert-OH is 1. The minimum absolute atomic E-state index is 0.118. The lowest BCUT2D eigenvalue weighted by molar-refractivity contribution is -0.121. The molecule has 0 heterocycles. The van der Waals surface area contributed by atoms with Crippen LogP contribution in [0.25, 0.3) is 0 Å². The highest BCUT2D eigenvalue weighted by Gasteiger charge is 2.22. The van der Waals surface area contributed by atoms with Gasteiger partial charge in [0.15, 0.2) is 0 Å². The molecule has 0 spiro atoms. The van der Waals surface area contributed by atoms with E-state index in [4.69, 9.17) is 5.11 Å². The number of carbonyl (C=O) groups is 1. The minimum Gasteiger partial charge on any atom is -0.395 e. The van der Waals surface area contributed by atoms with Gasteiger partial charge < -0.3 is 15.7 Å².